The van der Waals surface area contributed by atoms with E-state index in [0.717, 1.165) is 18.8 Å². The van der Waals surface area contributed by atoms with E-state index in [4.69, 9.17) is 0 Å². The minimum absolute atomic E-state index is 0.127. The first kappa shape index (κ1) is 14.0. The molecule has 0 unspecified atom stereocenters. The Kier molecular flexibility index (Phi) is 8.88. The maximum absolute atomic E-state index is 10.2. The zero-order valence-electron chi connectivity index (χ0n) is 10.9. The molecule has 0 bridgehead atoms. The van der Waals surface area contributed by atoms with Crippen molar-refractivity contribution in [3.8, 4) is 0 Å². The third-order valence-corrected chi connectivity index (χ3v) is 3.98. The summed E-state index contributed by atoms with van der Waals surface area (Å²) < 4.78 is 0. The van der Waals surface area contributed by atoms with E-state index >= 15 is 0 Å². The van der Waals surface area contributed by atoms with Crippen molar-refractivity contribution in [2.45, 2.75) is 83.5 Å². The molecule has 0 N–H and O–H groups in total. The summed E-state index contributed by atoms with van der Waals surface area (Å²) in [5, 5.41) is 10.2. The molecule has 1 radical (unpaired) electrons. The molecule has 0 amide bonds. The lowest BCUT2D eigenvalue weighted by atomic mass is 9.85. The molecule has 0 aromatic heterocycles. The molecule has 0 heterocycles. The van der Waals surface area contributed by atoms with Gasteiger partial charge >= 0.3 is 0 Å². The summed E-state index contributed by atoms with van der Waals surface area (Å²) in [5.74, 6) is 1.06. The molecule has 1 aliphatic rings. The smallest absolute Gasteiger partial charge is 0.0822 e. The van der Waals surface area contributed by atoms with Gasteiger partial charge in [-0.15, -0.1) is 0 Å². The fourth-order valence-corrected chi connectivity index (χ4v) is 2.89. The lowest BCUT2D eigenvalue weighted by molar-refractivity contribution is 0.186. The molecule has 0 aromatic carbocycles. The van der Waals surface area contributed by atoms with Gasteiger partial charge in [0.25, 0.3) is 0 Å². The van der Waals surface area contributed by atoms with Crippen LogP contribution in [0.25, 0.3) is 0 Å². The van der Waals surface area contributed by atoms with Crippen LogP contribution in [0.15, 0.2) is 0 Å². The van der Waals surface area contributed by atoms with E-state index in [2.05, 4.69) is 0 Å². The molecule has 16 heavy (non-hydrogen) atoms. The lowest BCUT2D eigenvalue weighted by Crippen LogP contribution is -2.05. The molecule has 1 heteroatoms. The molecule has 95 valence electrons. The third kappa shape index (κ3) is 7.27. The Labute approximate surface area is 102 Å². The van der Waals surface area contributed by atoms with Crippen molar-refractivity contribution in [3.05, 3.63) is 0 Å². The van der Waals surface area contributed by atoms with E-state index in [9.17, 15) is 5.11 Å². The highest BCUT2D eigenvalue weighted by molar-refractivity contribution is 4.65. The highest BCUT2D eigenvalue weighted by Crippen LogP contribution is 2.28. The molecular weight excluding hydrogens is 196 g/mol. The molecule has 0 spiro atoms. The van der Waals surface area contributed by atoms with Crippen molar-refractivity contribution in [2.75, 3.05) is 6.61 Å². The quantitative estimate of drug-likeness (QED) is 0.485. The van der Waals surface area contributed by atoms with Gasteiger partial charge in [0.05, 0.1) is 6.61 Å². The highest BCUT2D eigenvalue weighted by atomic mass is 16.2. The average molecular weight is 225 g/mol. The van der Waals surface area contributed by atoms with Crippen LogP contribution in [0.4, 0.5) is 0 Å². The Hall–Kier alpha value is -0.0400. The first-order chi connectivity index (χ1) is 7.93. The van der Waals surface area contributed by atoms with Crippen LogP contribution in [0, 0.1) is 5.92 Å². The number of rotatable bonds is 9. The van der Waals surface area contributed by atoms with E-state index in [1.807, 2.05) is 0 Å². The van der Waals surface area contributed by atoms with E-state index in [1.54, 1.807) is 0 Å². The van der Waals surface area contributed by atoms with Crippen molar-refractivity contribution in [3.63, 3.8) is 0 Å². The van der Waals surface area contributed by atoms with Crippen LogP contribution in [0.5, 0.6) is 0 Å². The van der Waals surface area contributed by atoms with E-state index < -0.39 is 0 Å². The maximum atomic E-state index is 10.2. The maximum Gasteiger partial charge on any atom is 0.0822 e. The van der Waals surface area contributed by atoms with Gasteiger partial charge in [-0.05, 0) is 12.3 Å². The Bertz CT molecular complexity index is 138. The monoisotopic (exact) mass is 225 g/mol. The molecule has 1 saturated carbocycles. The normalized spacial score (nSPS) is 17.8. The Balaban J connectivity index is 1.77. The number of hydrogen-bond acceptors (Lipinski definition) is 0. The van der Waals surface area contributed by atoms with Crippen LogP contribution in [0.1, 0.15) is 83.5 Å². The summed E-state index contributed by atoms with van der Waals surface area (Å²) >= 11 is 0. The van der Waals surface area contributed by atoms with Crippen LogP contribution < -0.4 is 0 Å². The van der Waals surface area contributed by atoms with Gasteiger partial charge in [-0.3, -0.25) is 0 Å². The van der Waals surface area contributed by atoms with E-state index in [0.29, 0.717) is 0 Å². The van der Waals surface area contributed by atoms with Crippen molar-refractivity contribution in [2.24, 2.45) is 5.92 Å². The van der Waals surface area contributed by atoms with Gasteiger partial charge in [-0.2, -0.15) is 0 Å². The van der Waals surface area contributed by atoms with Gasteiger partial charge in [0.15, 0.2) is 0 Å². The predicted molar refractivity (Wildman–Crippen MR) is 69.1 cm³/mol. The fourth-order valence-electron chi connectivity index (χ4n) is 2.89. The Morgan fingerprint density at radius 3 is 1.88 bits per heavy atom. The molecule has 0 aliphatic heterocycles. The topological polar surface area (TPSA) is 19.9 Å². The minimum atomic E-state index is 0.127. The zero-order valence-corrected chi connectivity index (χ0v) is 10.9. The average Bonchev–Trinajstić information content (AvgIpc) is 2.34. The van der Waals surface area contributed by atoms with Crippen molar-refractivity contribution >= 4 is 0 Å². The summed E-state index contributed by atoms with van der Waals surface area (Å²) in [6.45, 7) is 0.127. The molecule has 0 saturated heterocycles. The Morgan fingerprint density at radius 2 is 1.25 bits per heavy atom. The second-order valence-electron chi connectivity index (χ2n) is 5.47. The van der Waals surface area contributed by atoms with E-state index in [1.165, 1.54) is 70.6 Å². The van der Waals surface area contributed by atoms with Gasteiger partial charge in [-0.1, -0.05) is 77.0 Å². The van der Waals surface area contributed by atoms with Crippen molar-refractivity contribution in [1.29, 1.82) is 0 Å². The third-order valence-electron chi connectivity index (χ3n) is 3.98. The first-order valence-electron chi connectivity index (χ1n) is 7.51. The first-order valence-corrected chi connectivity index (χ1v) is 7.51. The van der Waals surface area contributed by atoms with Crippen LogP contribution in [0.3, 0.4) is 0 Å². The second kappa shape index (κ2) is 10.1. The molecule has 1 fully saturated rings. The van der Waals surface area contributed by atoms with Crippen LogP contribution in [-0.4, -0.2) is 6.61 Å². The number of hydrogen-bond donors (Lipinski definition) is 0. The Morgan fingerprint density at radius 1 is 0.688 bits per heavy atom. The zero-order chi connectivity index (χ0) is 11.5. The molecule has 1 rings (SSSR count). The number of unbranched alkanes of at least 4 members (excludes halogenated alkanes) is 6. The van der Waals surface area contributed by atoms with Gasteiger partial charge in [-0.25, -0.2) is 5.11 Å². The summed E-state index contributed by atoms with van der Waals surface area (Å²) in [4.78, 5) is 0. The molecule has 1 nitrogen and oxygen atoms in total. The summed E-state index contributed by atoms with van der Waals surface area (Å²) in [7, 11) is 0. The second-order valence-corrected chi connectivity index (χ2v) is 5.47. The fraction of sp³-hybridized carbons (Fsp3) is 1.00. The van der Waals surface area contributed by atoms with Gasteiger partial charge in [0, 0.05) is 0 Å². The van der Waals surface area contributed by atoms with E-state index in [-0.39, 0.29) is 6.61 Å². The lowest BCUT2D eigenvalue weighted by Gasteiger charge is -2.21. The minimum Gasteiger partial charge on any atom is -0.237 e. The standard InChI is InChI=1S/C15H29O/c16-14-10-5-3-1-2-4-7-11-15-12-8-6-9-13-15/h15H,1-14H2. The van der Waals surface area contributed by atoms with Gasteiger partial charge in [0.2, 0.25) is 0 Å². The largest absolute Gasteiger partial charge is 0.237 e. The summed E-state index contributed by atoms with van der Waals surface area (Å²) in [5.41, 5.74) is 0. The predicted octanol–water partition coefficient (Wildman–Crippen LogP) is 5.12. The summed E-state index contributed by atoms with van der Waals surface area (Å²) in [6.07, 6.45) is 17.9. The molecule has 1 aliphatic carbocycles. The van der Waals surface area contributed by atoms with Crippen LogP contribution >= 0.6 is 0 Å². The van der Waals surface area contributed by atoms with Crippen LogP contribution in [0.2, 0.25) is 0 Å². The van der Waals surface area contributed by atoms with Crippen LogP contribution in [-0.2, 0) is 5.11 Å². The van der Waals surface area contributed by atoms with Crippen molar-refractivity contribution < 1.29 is 5.11 Å². The highest BCUT2D eigenvalue weighted by Gasteiger charge is 2.12. The molecule has 0 atom stereocenters. The van der Waals surface area contributed by atoms with Gasteiger partial charge < -0.3 is 0 Å². The SMILES string of the molecule is [O]CCCCCCCCCC1CCCCC1. The molecular formula is C15H29O. The molecule has 0 aromatic rings. The summed E-state index contributed by atoms with van der Waals surface area (Å²) in [6, 6.07) is 0. The van der Waals surface area contributed by atoms with Crippen molar-refractivity contribution in [1.82, 2.24) is 0 Å². The van der Waals surface area contributed by atoms with Gasteiger partial charge in [0.1, 0.15) is 0 Å².